The summed E-state index contributed by atoms with van der Waals surface area (Å²) in [5, 5.41) is 11.3. The number of rotatable bonds is 5. The van der Waals surface area contributed by atoms with Gasteiger partial charge in [0.15, 0.2) is 11.0 Å². The normalized spacial score (nSPS) is 11.2. The molecule has 6 nitrogen and oxygen atoms in total. The predicted molar refractivity (Wildman–Crippen MR) is 104 cm³/mol. The number of fused-ring (bicyclic) bond motifs is 1. The minimum absolute atomic E-state index is 0.585. The maximum atomic E-state index is 5.41. The summed E-state index contributed by atoms with van der Waals surface area (Å²) in [5.74, 6) is 1.55. The lowest BCUT2D eigenvalue weighted by atomic mass is 10.2. The first-order valence-corrected chi connectivity index (χ1v) is 9.45. The molecule has 0 radical (unpaired) electrons. The lowest BCUT2D eigenvalue weighted by Gasteiger charge is -2.08. The quantitative estimate of drug-likeness (QED) is 0.333. The van der Waals surface area contributed by atoms with Crippen molar-refractivity contribution in [3.8, 4) is 11.4 Å². The maximum absolute atomic E-state index is 5.41. The van der Waals surface area contributed by atoms with Crippen LogP contribution >= 0.6 is 27.7 Å². The molecule has 8 heteroatoms. The van der Waals surface area contributed by atoms with Crippen LogP contribution in [-0.2, 0) is 6.54 Å². The van der Waals surface area contributed by atoms with Crippen LogP contribution in [0, 0.1) is 6.92 Å². The molecule has 0 aliphatic carbocycles. The molecule has 3 heterocycles. The van der Waals surface area contributed by atoms with E-state index in [-0.39, 0.29) is 0 Å². The van der Waals surface area contributed by atoms with Gasteiger partial charge in [-0.1, -0.05) is 22.0 Å². The van der Waals surface area contributed by atoms with Crippen molar-refractivity contribution < 1.29 is 4.42 Å². The SMILES string of the molecule is C=CCn1c(Sc2ncnc3ccc(Br)cc23)nnc1-c1ccoc1C. The Morgan fingerprint density at radius 3 is 2.92 bits per heavy atom. The molecule has 0 fully saturated rings. The van der Waals surface area contributed by atoms with E-state index < -0.39 is 0 Å². The number of hydrogen-bond donors (Lipinski definition) is 0. The Hall–Kier alpha value is -2.45. The monoisotopic (exact) mass is 427 g/mol. The molecule has 0 N–H and O–H groups in total. The van der Waals surface area contributed by atoms with E-state index in [1.807, 2.05) is 41.8 Å². The standard InChI is InChI=1S/C18H14BrN5OS/c1-3-7-24-16(13-6-8-25-11(13)2)22-23-18(24)26-17-14-9-12(19)4-5-15(14)20-10-21-17/h3-6,8-10H,1,7H2,2H3. The largest absolute Gasteiger partial charge is 0.469 e. The molecule has 1 aromatic carbocycles. The van der Waals surface area contributed by atoms with Gasteiger partial charge in [-0.05, 0) is 43.0 Å². The summed E-state index contributed by atoms with van der Waals surface area (Å²) >= 11 is 4.96. The molecule has 0 aliphatic rings. The lowest BCUT2D eigenvalue weighted by molar-refractivity contribution is 0.534. The van der Waals surface area contributed by atoms with Crippen LogP contribution < -0.4 is 0 Å². The van der Waals surface area contributed by atoms with Gasteiger partial charge < -0.3 is 4.42 Å². The Morgan fingerprint density at radius 1 is 1.27 bits per heavy atom. The van der Waals surface area contributed by atoms with Crippen LogP contribution in [0.3, 0.4) is 0 Å². The van der Waals surface area contributed by atoms with Crippen LogP contribution in [0.1, 0.15) is 5.76 Å². The molecular weight excluding hydrogens is 414 g/mol. The summed E-state index contributed by atoms with van der Waals surface area (Å²) in [4.78, 5) is 8.76. The lowest BCUT2D eigenvalue weighted by Crippen LogP contribution is -2.01. The maximum Gasteiger partial charge on any atom is 0.198 e. The molecule has 0 bridgehead atoms. The van der Waals surface area contributed by atoms with Crippen molar-refractivity contribution in [3.63, 3.8) is 0 Å². The van der Waals surface area contributed by atoms with Crippen molar-refractivity contribution in [1.82, 2.24) is 24.7 Å². The fourth-order valence-electron chi connectivity index (χ4n) is 2.65. The summed E-state index contributed by atoms with van der Waals surface area (Å²) in [7, 11) is 0. The Kier molecular flexibility index (Phi) is 4.60. The second-order valence-electron chi connectivity index (χ2n) is 5.54. The number of halogens is 1. The molecule has 26 heavy (non-hydrogen) atoms. The van der Waals surface area contributed by atoms with Crippen molar-refractivity contribution in [2.75, 3.05) is 0 Å². The summed E-state index contributed by atoms with van der Waals surface area (Å²) in [6.07, 6.45) is 5.04. The first-order chi connectivity index (χ1) is 12.7. The van der Waals surface area contributed by atoms with E-state index in [2.05, 4.69) is 42.7 Å². The predicted octanol–water partition coefficient (Wildman–Crippen LogP) is 4.89. The zero-order valence-electron chi connectivity index (χ0n) is 13.9. The second-order valence-corrected chi connectivity index (χ2v) is 7.41. The molecule has 3 aromatic heterocycles. The molecule has 0 unspecified atom stereocenters. The molecule has 0 atom stereocenters. The minimum atomic E-state index is 0.585. The van der Waals surface area contributed by atoms with Gasteiger partial charge in [-0.25, -0.2) is 9.97 Å². The highest BCUT2D eigenvalue weighted by atomic mass is 79.9. The molecule has 4 rings (SSSR count). The van der Waals surface area contributed by atoms with Gasteiger partial charge in [-0.2, -0.15) is 0 Å². The third-order valence-corrected chi connectivity index (χ3v) is 5.37. The van der Waals surface area contributed by atoms with E-state index in [0.29, 0.717) is 6.54 Å². The van der Waals surface area contributed by atoms with Crippen LogP contribution in [0.4, 0.5) is 0 Å². The number of allylic oxidation sites excluding steroid dienone is 1. The summed E-state index contributed by atoms with van der Waals surface area (Å²) in [6.45, 7) is 6.34. The molecule has 0 saturated heterocycles. The highest BCUT2D eigenvalue weighted by Crippen LogP contribution is 2.34. The van der Waals surface area contributed by atoms with E-state index in [4.69, 9.17) is 4.42 Å². The highest BCUT2D eigenvalue weighted by Gasteiger charge is 2.18. The summed E-state index contributed by atoms with van der Waals surface area (Å²) in [6, 6.07) is 7.82. The number of aromatic nitrogens is 5. The van der Waals surface area contributed by atoms with Crippen molar-refractivity contribution in [2.24, 2.45) is 0 Å². The Bertz CT molecular complexity index is 1100. The molecule has 0 spiro atoms. The van der Waals surface area contributed by atoms with Gasteiger partial charge in [-0.15, -0.1) is 16.8 Å². The second kappa shape index (κ2) is 7.05. The first kappa shape index (κ1) is 17.0. The van der Waals surface area contributed by atoms with Gasteiger partial charge in [0.05, 0.1) is 17.3 Å². The van der Waals surface area contributed by atoms with Gasteiger partial charge in [0.2, 0.25) is 0 Å². The van der Waals surface area contributed by atoms with Gasteiger partial charge in [0.25, 0.3) is 0 Å². The van der Waals surface area contributed by atoms with Gasteiger partial charge in [-0.3, -0.25) is 4.57 Å². The Labute approximate surface area is 162 Å². The van der Waals surface area contributed by atoms with Crippen molar-refractivity contribution >= 4 is 38.6 Å². The van der Waals surface area contributed by atoms with E-state index in [1.165, 1.54) is 11.8 Å². The average Bonchev–Trinajstić information content (AvgIpc) is 3.22. The van der Waals surface area contributed by atoms with Crippen molar-refractivity contribution in [2.45, 2.75) is 23.7 Å². The summed E-state index contributed by atoms with van der Waals surface area (Å²) in [5.41, 5.74) is 1.80. The number of hydrogen-bond acceptors (Lipinski definition) is 6. The minimum Gasteiger partial charge on any atom is -0.469 e. The number of benzene rings is 1. The smallest absolute Gasteiger partial charge is 0.198 e. The fourth-order valence-corrected chi connectivity index (χ4v) is 3.91. The third-order valence-electron chi connectivity index (χ3n) is 3.88. The zero-order chi connectivity index (χ0) is 18.1. The van der Waals surface area contributed by atoms with Crippen molar-refractivity contribution in [3.05, 3.63) is 59.7 Å². The first-order valence-electron chi connectivity index (χ1n) is 7.84. The fraction of sp³-hybridized carbons (Fsp3) is 0.111. The molecule has 0 aliphatic heterocycles. The van der Waals surface area contributed by atoms with Crippen molar-refractivity contribution in [1.29, 1.82) is 0 Å². The highest BCUT2D eigenvalue weighted by molar-refractivity contribution is 9.10. The van der Waals surface area contributed by atoms with Crippen LogP contribution in [0.2, 0.25) is 0 Å². The summed E-state index contributed by atoms with van der Waals surface area (Å²) < 4.78 is 8.39. The van der Waals surface area contributed by atoms with E-state index in [1.54, 1.807) is 12.6 Å². The van der Waals surface area contributed by atoms with E-state index in [9.17, 15) is 0 Å². The molecule has 4 aromatic rings. The molecule has 0 saturated carbocycles. The van der Waals surface area contributed by atoms with Gasteiger partial charge in [0.1, 0.15) is 17.1 Å². The van der Waals surface area contributed by atoms with Crippen LogP contribution in [-0.4, -0.2) is 24.7 Å². The topological polar surface area (TPSA) is 69.6 Å². The number of aryl methyl sites for hydroxylation is 1. The molecule has 0 amide bonds. The average molecular weight is 428 g/mol. The third kappa shape index (κ3) is 3.06. The van der Waals surface area contributed by atoms with Gasteiger partial charge in [0, 0.05) is 16.4 Å². The number of nitrogens with zero attached hydrogens (tertiary/aromatic N) is 5. The Morgan fingerprint density at radius 2 is 2.15 bits per heavy atom. The zero-order valence-corrected chi connectivity index (χ0v) is 16.3. The van der Waals surface area contributed by atoms with E-state index in [0.717, 1.165) is 42.7 Å². The molecular formula is C18H14BrN5OS. The van der Waals surface area contributed by atoms with E-state index >= 15 is 0 Å². The van der Waals surface area contributed by atoms with Crippen LogP contribution in [0.5, 0.6) is 0 Å². The number of furan rings is 1. The van der Waals surface area contributed by atoms with Crippen LogP contribution in [0.25, 0.3) is 22.3 Å². The van der Waals surface area contributed by atoms with Crippen LogP contribution in [0.15, 0.2) is 68.6 Å². The molecule has 130 valence electrons. The Balaban J connectivity index is 1.80. The van der Waals surface area contributed by atoms with Gasteiger partial charge >= 0.3 is 0 Å².